The number of hydrogen-bond acceptors (Lipinski definition) is 8. The normalized spacial score (nSPS) is 12.0. The van der Waals surface area contributed by atoms with Crippen molar-refractivity contribution in [3.8, 4) is 11.5 Å². The van der Waals surface area contributed by atoms with Gasteiger partial charge in [0.2, 0.25) is 0 Å². The van der Waals surface area contributed by atoms with E-state index >= 15 is 0 Å². The van der Waals surface area contributed by atoms with Crippen LogP contribution in [0, 0.1) is 10.6 Å². The first-order valence-corrected chi connectivity index (χ1v) is 11.2. The van der Waals surface area contributed by atoms with Gasteiger partial charge in [0.25, 0.3) is 0 Å². The molecule has 0 bridgehead atoms. The number of methoxy groups -OCH3 is 1. The minimum Gasteiger partial charge on any atom is -0.497 e. The summed E-state index contributed by atoms with van der Waals surface area (Å²) in [6.07, 6.45) is 0.786. The van der Waals surface area contributed by atoms with E-state index in [-0.39, 0.29) is 11.9 Å². The van der Waals surface area contributed by atoms with E-state index < -0.39 is 0 Å². The van der Waals surface area contributed by atoms with Crippen LogP contribution in [0.3, 0.4) is 0 Å². The van der Waals surface area contributed by atoms with Gasteiger partial charge in [0.05, 0.1) is 38.2 Å². The molecular formula is C21H28O6S2. The molecule has 1 aromatic carbocycles. The van der Waals surface area contributed by atoms with Crippen molar-refractivity contribution in [1.82, 2.24) is 0 Å². The maximum absolute atomic E-state index is 11.5. The summed E-state index contributed by atoms with van der Waals surface area (Å²) in [6, 6.07) is 7.28. The standard InChI is InChI=1S/C21H28O6S2/c1-4-15(2)21(22)26-8-7-24-9-11-29-12-10-25-18-14-20(28)27-19-13-16(23-3)5-6-17(18)19/h5-6,13-15H,4,7-12H2,1-3H3. The van der Waals surface area contributed by atoms with Gasteiger partial charge >= 0.3 is 5.97 Å². The van der Waals surface area contributed by atoms with Crippen LogP contribution in [0.4, 0.5) is 0 Å². The minimum absolute atomic E-state index is 0.0558. The molecule has 0 saturated carbocycles. The van der Waals surface area contributed by atoms with E-state index in [1.54, 1.807) is 31.0 Å². The second-order valence-electron chi connectivity index (χ2n) is 6.34. The van der Waals surface area contributed by atoms with Crippen molar-refractivity contribution in [2.75, 3.05) is 45.0 Å². The van der Waals surface area contributed by atoms with Crippen LogP contribution in [0.15, 0.2) is 28.7 Å². The monoisotopic (exact) mass is 440 g/mol. The molecule has 0 aliphatic carbocycles. The third-order valence-electron chi connectivity index (χ3n) is 4.26. The Labute approximate surface area is 180 Å². The Morgan fingerprint density at radius 3 is 2.72 bits per heavy atom. The van der Waals surface area contributed by atoms with E-state index in [0.29, 0.717) is 48.2 Å². The molecule has 29 heavy (non-hydrogen) atoms. The molecule has 1 unspecified atom stereocenters. The number of carbonyl (C=O) groups excluding carboxylic acids is 1. The Kier molecular flexibility index (Phi) is 10.3. The number of fused-ring (bicyclic) bond motifs is 1. The number of hydrogen-bond donors (Lipinski definition) is 0. The van der Waals surface area contributed by atoms with Crippen LogP contribution in [0.25, 0.3) is 11.0 Å². The average Bonchev–Trinajstić information content (AvgIpc) is 2.73. The van der Waals surface area contributed by atoms with Crippen molar-refractivity contribution in [3.63, 3.8) is 0 Å². The van der Waals surface area contributed by atoms with Crippen molar-refractivity contribution >= 4 is 40.9 Å². The van der Waals surface area contributed by atoms with Crippen LogP contribution in [0.2, 0.25) is 0 Å². The van der Waals surface area contributed by atoms with Gasteiger partial charge in [0, 0.05) is 23.6 Å². The van der Waals surface area contributed by atoms with Gasteiger partial charge in [-0.3, -0.25) is 4.79 Å². The van der Waals surface area contributed by atoms with Crippen LogP contribution < -0.4 is 9.47 Å². The van der Waals surface area contributed by atoms with Crippen LogP contribution >= 0.6 is 24.0 Å². The summed E-state index contributed by atoms with van der Waals surface area (Å²) < 4.78 is 27.7. The molecule has 1 aromatic heterocycles. The SMILES string of the molecule is CCC(C)C(=O)OCCOCCSCCOc1cc(=S)oc2cc(OC)ccc12. The number of thioether (sulfide) groups is 1. The quantitative estimate of drug-likeness (QED) is 0.248. The number of ether oxygens (including phenoxy) is 4. The Morgan fingerprint density at radius 1 is 1.17 bits per heavy atom. The molecule has 0 aliphatic rings. The number of esters is 1. The maximum atomic E-state index is 11.5. The maximum Gasteiger partial charge on any atom is 0.308 e. The highest BCUT2D eigenvalue weighted by atomic mass is 32.2. The molecule has 0 N–H and O–H groups in total. The lowest BCUT2D eigenvalue weighted by Crippen LogP contribution is -2.17. The van der Waals surface area contributed by atoms with E-state index in [4.69, 9.17) is 35.6 Å². The zero-order chi connectivity index (χ0) is 21.1. The molecule has 0 aliphatic heterocycles. The molecule has 8 heteroatoms. The molecule has 2 rings (SSSR count). The molecule has 6 nitrogen and oxygen atoms in total. The Bertz CT molecular complexity index is 836. The number of carbonyl (C=O) groups is 1. The summed E-state index contributed by atoms with van der Waals surface area (Å²) in [6.45, 7) is 5.71. The Morgan fingerprint density at radius 2 is 1.97 bits per heavy atom. The lowest BCUT2D eigenvalue weighted by molar-refractivity contribution is -0.149. The van der Waals surface area contributed by atoms with Gasteiger partial charge < -0.3 is 23.4 Å². The highest BCUT2D eigenvalue weighted by Crippen LogP contribution is 2.29. The van der Waals surface area contributed by atoms with Crippen LogP contribution in [-0.4, -0.2) is 51.0 Å². The summed E-state index contributed by atoms with van der Waals surface area (Å²) in [5, 5.41) is 0.861. The largest absolute Gasteiger partial charge is 0.497 e. The third-order valence-corrected chi connectivity index (χ3v) is 5.37. The third kappa shape index (κ3) is 7.87. The van der Waals surface area contributed by atoms with E-state index in [2.05, 4.69) is 0 Å². The van der Waals surface area contributed by atoms with Gasteiger partial charge in [-0.25, -0.2) is 0 Å². The van der Waals surface area contributed by atoms with Gasteiger partial charge in [-0.15, -0.1) is 0 Å². The lowest BCUT2D eigenvalue weighted by atomic mass is 10.1. The second-order valence-corrected chi connectivity index (χ2v) is 7.97. The molecule has 0 fully saturated rings. The highest BCUT2D eigenvalue weighted by Gasteiger charge is 2.11. The summed E-state index contributed by atoms with van der Waals surface area (Å²) in [7, 11) is 1.61. The average molecular weight is 441 g/mol. The number of benzene rings is 1. The predicted molar refractivity (Wildman–Crippen MR) is 118 cm³/mol. The second kappa shape index (κ2) is 12.7. The van der Waals surface area contributed by atoms with Crippen molar-refractivity contribution in [2.45, 2.75) is 20.3 Å². The fourth-order valence-electron chi connectivity index (χ4n) is 2.40. The topological polar surface area (TPSA) is 67.1 Å². The summed E-state index contributed by atoms with van der Waals surface area (Å²) >= 11 is 6.91. The molecule has 1 atom stereocenters. The minimum atomic E-state index is -0.162. The van der Waals surface area contributed by atoms with Crippen molar-refractivity contribution in [2.24, 2.45) is 5.92 Å². The molecule has 0 saturated heterocycles. The molecule has 1 heterocycles. The molecule has 0 radical (unpaired) electrons. The first kappa shape index (κ1) is 23.5. The van der Waals surface area contributed by atoms with E-state index in [0.717, 1.165) is 23.3 Å². The first-order chi connectivity index (χ1) is 14.0. The Balaban J connectivity index is 1.62. The lowest BCUT2D eigenvalue weighted by Gasteiger charge is -2.10. The van der Waals surface area contributed by atoms with E-state index in [9.17, 15) is 4.79 Å². The fraction of sp³-hybridized carbons (Fsp3) is 0.524. The van der Waals surface area contributed by atoms with Gasteiger partial charge in [0.1, 0.15) is 23.7 Å². The molecule has 160 valence electrons. The van der Waals surface area contributed by atoms with Gasteiger partial charge in [-0.1, -0.05) is 13.8 Å². The van der Waals surface area contributed by atoms with Crippen LogP contribution in [0.5, 0.6) is 11.5 Å². The first-order valence-electron chi connectivity index (χ1n) is 9.62. The van der Waals surface area contributed by atoms with Gasteiger partial charge in [-0.05, 0) is 30.8 Å². The van der Waals surface area contributed by atoms with Crippen LogP contribution in [-0.2, 0) is 14.3 Å². The van der Waals surface area contributed by atoms with Crippen molar-refractivity contribution in [1.29, 1.82) is 0 Å². The van der Waals surface area contributed by atoms with Crippen molar-refractivity contribution in [3.05, 3.63) is 29.0 Å². The summed E-state index contributed by atoms with van der Waals surface area (Å²) in [5.74, 6) is 2.86. The van der Waals surface area contributed by atoms with Gasteiger partial charge in [-0.2, -0.15) is 11.8 Å². The molecule has 2 aromatic rings. The summed E-state index contributed by atoms with van der Waals surface area (Å²) in [4.78, 5) is 11.5. The fourth-order valence-corrected chi connectivity index (χ4v) is 3.24. The smallest absolute Gasteiger partial charge is 0.308 e. The van der Waals surface area contributed by atoms with Crippen LogP contribution in [0.1, 0.15) is 20.3 Å². The molecule has 0 amide bonds. The Hall–Kier alpha value is -1.77. The van der Waals surface area contributed by atoms with Crippen molar-refractivity contribution < 1.29 is 28.2 Å². The van der Waals surface area contributed by atoms with Gasteiger partial charge in [0.15, 0.2) is 4.71 Å². The van der Waals surface area contributed by atoms with E-state index in [1.807, 2.05) is 26.0 Å². The zero-order valence-corrected chi connectivity index (χ0v) is 18.7. The zero-order valence-electron chi connectivity index (χ0n) is 17.1. The summed E-state index contributed by atoms with van der Waals surface area (Å²) in [5.41, 5.74) is 0.641. The number of rotatable bonds is 13. The predicted octanol–water partition coefficient (Wildman–Crippen LogP) is 4.89. The molecular weight excluding hydrogens is 412 g/mol. The highest BCUT2D eigenvalue weighted by molar-refractivity contribution is 7.99. The van der Waals surface area contributed by atoms with E-state index in [1.165, 1.54) is 0 Å². The molecule has 0 spiro atoms.